The first kappa shape index (κ1) is 19.5. The zero-order valence-electron chi connectivity index (χ0n) is 16.2. The van der Waals surface area contributed by atoms with Crippen LogP contribution in [-0.4, -0.2) is 26.0 Å². The van der Waals surface area contributed by atoms with Gasteiger partial charge in [-0.2, -0.15) is 4.80 Å². The van der Waals surface area contributed by atoms with E-state index in [0.717, 1.165) is 33.5 Å². The Morgan fingerprint density at radius 2 is 1.60 bits per heavy atom. The summed E-state index contributed by atoms with van der Waals surface area (Å²) in [6, 6.07) is 23.1. The van der Waals surface area contributed by atoms with Crippen LogP contribution in [0.5, 0.6) is 0 Å². The summed E-state index contributed by atoms with van der Waals surface area (Å²) in [6.07, 6.45) is 3.18. The molecule has 0 saturated heterocycles. The SMILES string of the molecule is Cc1cc2nn(-c3ccccc3)nc2cc1NC(=S)NC(=O)C=Cc1ccccc1. The number of benzene rings is 3. The molecule has 6 nitrogen and oxygen atoms in total. The number of carbonyl (C=O) groups is 1. The second-order valence-corrected chi connectivity index (χ2v) is 7.08. The highest BCUT2D eigenvalue weighted by Crippen LogP contribution is 2.22. The molecule has 0 aliphatic carbocycles. The minimum Gasteiger partial charge on any atom is -0.332 e. The summed E-state index contributed by atoms with van der Waals surface area (Å²) in [5, 5.41) is 15.0. The zero-order valence-corrected chi connectivity index (χ0v) is 17.1. The van der Waals surface area contributed by atoms with Gasteiger partial charge in [-0.05, 0) is 60.6 Å². The smallest absolute Gasteiger partial charge is 0.250 e. The van der Waals surface area contributed by atoms with Crippen molar-refractivity contribution in [2.24, 2.45) is 0 Å². The number of anilines is 1. The Hall–Kier alpha value is -3.84. The lowest BCUT2D eigenvalue weighted by Gasteiger charge is -2.10. The van der Waals surface area contributed by atoms with Gasteiger partial charge in [-0.1, -0.05) is 48.5 Å². The minimum absolute atomic E-state index is 0.218. The first-order valence-corrected chi connectivity index (χ1v) is 9.77. The molecule has 0 unspecified atom stereocenters. The summed E-state index contributed by atoms with van der Waals surface area (Å²) in [5.74, 6) is -0.301. The molecular weight excluding hydrogens is 394 g/mol. The zero-order chi connectivity index (χ0) is 20.9. The van der Waals surface area contributed by atoms with Crippen LogP contribution < -0.4 is 10.6 Å². The van der Waals surface area contributed by atoms with Crippen LogP contribution in [0.25, 0.3) is 22.8 Å². The summed E-state index contributed by atoms with van der Waals surface area (Å²) in [6.45, 7) is 1.95. The highest BCUT2D eigenvalue weighted by atomic mass is 32.1. The molecule has 2 N–H and O–H groups in total. The number of nitrogens with one attached hydrogen (secondary N) is 2. The Kier molecular flexibility index (Phi) is 5.63. The molecule has 0 aliphatic rings. The fourth-order valence-corrected chi connectivity index (χ4v) is 3.13. The van der Waals surface area contributed by atoms with Crippen LogP contribution in [-0.2, 0) is 4.79 Å². The standard InChI is InChI=1S/C23H19N5OS/c1-16-14-20-21(27-28(26-20)18-10-6-3-7-11-18)15-19(16)24-23(30)25-22(29)13-12-17-8-4-2-5-9-17/h2-15H,1H3,(H2,24,25,29,30). The van der Waals surface area contributed by atoms with Crippen molar-refractivity contribution in [3.8, 4) is 5.69 Å². The quantitative estimate of drug-likeness (QED) is 0.386. The molecule has 0 radical (unpaired) electrons. The maximum atomic E-state index is 12.1. The lowest BCUT2D eigenvalue weighted by Crippen LogP contribution is -2.33. The van der Waals surface area contributed by atoms with Crippen molar-refractivity contribution in [1.82, 2.24) is 20.3 Å². The molecule has 3 aromatic carbocycles. The number of nitrogens with zero attached hydrogens (tertiary/aromatic N) is 3. The van der Waals surface area contributed by atoms with Crippen molar-refractivity contribution in [2.75, 3.05) is 5.32 Å². The Balaban J connectivity index is 1.46. The summed E-state index contributed by atoms with van der Waals surface area (Å²) in [5.41, 5.74) is 5.04. The van der Waals surface area contributed by atoms with Gasteiger partial charge in [0.25, 0.3) is 0 Å². The van der Waals surface area contributed by atoms with E-state index in [1.165, 1.54) is 6.08 Å². The molecule has 148 valence electrons. The average molecular weight is 414 g/mol. The highest BCUT2D eigenvalue weighted by molar-refractivity contribution is 7.80. The number of thiocarbonyl (C=S) groups is 1. The summed E-state index contributed by atoms with van der Waals surface area (Å²) < 4.78 is 0. The van der Waals surface area contributed by atoms with E-state index in [1.54, 1.807) is 10.9 Å². The number of carbonyl (C=O) groups excluding carboxylic acids is 1. The lowest BCUT2D eigenvalue weighted by molar-refractivity contribution is -0.115. The van der Waals surface area contributed by atoms with Crippen LogP contribution in [0.3, 0.4) is 0 Å². The number of fused-ring (bicyclic) bond motifs is 1. The topological polar surface area (TPSA) is 71.8 Å². The maximum Gasteiger partial charge on any atom is 0.250 e. The third-order valence-corrected chi connectivity index (χ3v) is 4.63. The third-order valence-electron chi connectivity index (χ3n) is 4.43. The lowest BCUT2D eigenvalue weighted by atomic mass is 10.2. The Bertz CT molecular complexity index is 1230. The molecule has 0 bridgehead atoms. The van der Waals surface area contributed by atoms with Gasteiger partial charge >= 0.3 is 0 Å². The van der Waals surface area contributed by atoms with Gasteiger partial charge < -0.3 is 5.32 Å². The molecule has 7 heteroatoms. The van der Waals surface area contributed by atoms with Crippen molar-refractivity contribution in [1.29, 1.82) is 0 Å². The van der Waals surface area contributed by atoms with Gasteiger partial charge in [0.05, 0.1) is 5.69 Å². The van der Waals surface area contributed by atoms with Crippen molar-refractivity contribution < 1.29 is 4.79 Å². The summed E-state index contributed by atoms with van der Waals surface area (Å²) in [7, 11) is 0. The van der Waals surface area contributed by atoms with E-state index in [-0.39, 0.29) is 11.0 Å². The fraction of sp³-hybridized carbons (Fsp3) is 0.0435. The predicted octanol–water partition coefficient (Wildman–Crippen LogP) is 4.26. The fourth-order valence-electron chi connectivity index (χ4n) is 2.92. The van der Waals surface area contributed by atoms with E-state index >= 15 is 0 Å². The van der Waals surface area contributed by atoms with E-state index < -0.39 is 0 Å². The molecule has 1 heterocycles. The molecule has 0 saturated carbocycles. The van der Waals surface area contributed by atoms with Gasteiger partial charge in [0.2, 0.25) is 5.91 Å². The maximum absolute atomic E-state index is 12.1. The van der Waals surface area contributed by atoms with Crippen LogP contribution in [0, 0.1) is 6.92 Å². The van der Waals surface area contributed by atoms with E-state index in [1.807, 2.05) is 79.7 Å². The van der Waals surface area contributed by atoms with Crippen LogP contribution in [0.15, 0.2) is 78.9 Å². The normalized spacial score (nSPS) is 11.0. The number of aromatic nitrogens is 3. The number of amides is 1. The molecule has 30 heavy (non-hydrogen) atoms. The molecule has 0 atom stereocenters. The van der Waals surface area contributed by atoms with Gasteiger partial charge in [-0.25, -0.2) is 0 Å². The number of rotatable bonds is 4. The van der Waals surface area contributed by atoms with Crippen LogP contribution >= 0.6 is 12.2 Å². The van der Waals surface area contributed by atoms with Gasteiger partial charge in [0.1, 0.15) is 11.0 Å². The van der Waals surface area contributed by atoms with Crippen LogP contribution in [0.2, 0.25) is 0 Å². The molecule has 0 fully saturated rings. The second kappa shape index (κ2) is 8.67. The second-order valence-electron chi connectivity index (χ2n) is 6.67. The molecule has 0 aliphatic heterocycles. The van der Waals surface area contributed by atoms with Crippen molar-refractivity contribution in [3.63, 3.8) is 0 Å². The van der Waals surface area contributed by atoms with Crippen molar-refractivity contribution in [2.45, 2.75) is 6.92 Å². The summed E-state index contributed by atoms with van der Waals surface area (Å²) in [4.78, 5) is 13.7. The molecule has 4 rings (SSSR count). The minimum atomic E-state index is -0.301. The van der Waals surface area contributed by atoms with Crippen molar-refractivity contribution in [3.05, 3.63) is 90.0 Å². The van der Waals surface area contributed by atoms with Gasteiger partial charge in [0, 0.05) is 11.8 Å². The van der Waals surface area contributed by atoms with Crippen LogP contribution in [0.4, 0.5) is 5.69 Å². The average Bonchev–Trinajstić information content (AvgIpc) is 3.16. The van der Waals surface area contributed by atoms with E-state index in [0.29, 0.717) is 0 Å². The highest BCUT2D eigenvalue weighted by Gasteiger charge is 2.10. The van der Waals surface area contributed by atoms with E-state index in [4.69, 9.17) is 12.2 Å². The van der Waals surface area contributed by atoms with E-state index in [2.05, 4.69) is 20.8 Å². The van der Waals surface area contributed by atoms with Gasteiger partial charge in [-0.3, -0.25) is 10.1 Å². The van der Waals surface area contributed by atoms with Gasteiger partial charge in [-0.15, -0.1) is 10.2 Å². The predicted molar refractivity (Wildman–Crippen MR) is 123 cm³/mol. The van der Waals surface area contributed by atoms with Crippen molar-refractivity contribution >= 4 is 46.0 Å². The summed E-state index contributed by atoms with van der Waals surface area (Å²) >= 11 is 5.29. The first-order valence-electron chi connectivity index (χ1n) is 9.37. The Morgan fingerprint density at radius 1 is 0.967 bits per heavy atom. The molecule has 1 amide bonds. The number of hydrogen-bond donors (Lipinski definition) is 2. The third kappa shape index (κ3) is 4.59. The largest absolute Gasteiger partial charge is 0.332 e. The monoisotopic (exact) mass is 413 g/mol. The Labute approximate surface area is 179 Å². The number of para-hydroxylation sites is 1. The number of hydrogen-bond acceptors (Lipinski definition) is 4. The molecule has 1 aromatic heterocycles. The first-order chi connectivity index (χ1) is 14.6. The molecule has 0 spiro atoms. The van der Waals surface area contributed by atoms with Crippen LogP contribution in [0.1, 0.15) is 11.1 Å². The number of aryl methyl sites for hydroxylation is 1. The Morgan fingerprint density at radius 3 is 2.30 bits per heavy atom. The van der Waals surface area contributed by atoms with Gasteiger partial charge in [0.15, 0.2) is 5.11 Å². The molecular formula is C23H19N5OS. The molecule has 4 aromatic rings. The van der Waals surface area contributed by atoms with E-state index in [9.17, 15) is 4.79 Å².